The minimum atomic E-state index is -2.92. The van der Waals surface area contributed by atoms with Crippen molar-refractivity contribution in [1.29, 1.82) is 0 Å². The molecule has 4 nitrogen and oxygen atoms in total. The van der Waals surface area contributed by atoms with Crippen molar-refractivity contribution in [2.45, 2.75) is 272 Å². The van der Waals surface area contributed by atoms with E-state index < -0.39 is 26.8 Å². The number of hydrogen-bond donors (Lipinski definition) is 0. The highest BCUT2D eigenvalue weighted by Crippen LogP contribution is 2.64. The molecule has 542 valence electrons. The maximum absolute atomic E-state index is 13.6. The van der Waals surface area contributed by atoms with Crippen molar-refractivity contribution in [3.8, 4) is 28.0 Å². The molecule has 1 fully saturated rings. The van der Waals surface area contributed by atoms with Crippen LogP contribution in [0.25, 0.3) is 22.3 Å². The van der Waals surface area contributed by atoms with Crippen molar-refractivity contribution < 1.29 is 18.2 Å². The highest BCUT2D eigenvalue weighted by Gasteiger charge is 2.46. The van der Waals surface area contributed by atoms with E-state index in [1.165, 1.54) is 66.3 Å². The second kappa shape index (κ2) is 39.4. The zero-order valence-corrected chi connectivity index (χ0v) is 72.0. The Morgan fingerprint density at radius 3 is 1.07 bits per heavy atom. The van der Waals surface area contributed by atoms with Crippen molar-refractivity contribution in [1.82, 2.24) is 0 Å². The molecule has 96 heavy (non-hydrogen) atoms. The molecule has 6 aromatic carbocycles. The summed E-state index contributed by atoms with van der Waals surface area (Å²) < 4.78 is 43.2. The summed E-state index contributed by atoms with van der Waals surface area (Å²) >= 11 is 0. The van der Waals surface area contributed by atoms with Gasteiger partial charge in [-0.25, -0.2) is 0 Å². The predicted molar refractivity (Wildman–Crippen MR) is 443 cm³/mol. The van der Waals surface area contributed by atoms with Gasteiger partial charge in [0.1, 0.15) is 12.9 Å². The second-order valence-corrected chi connectivity index (χ2v) is 50.5. The summed E-state index contributed by atoms with van der Waals surface area (Å²) in [5.41, 5.74) is 12.3. The van der Waals surface area contributed by atoms with Gasteiger partial charge in [-0.15, -0.1) is 7.92 Å². The Morgan fingerprint density at radius 1 is 0.448 bits per heavy atom. The fraction of sp³-hybridized carbons (Fsp3) is 0.591. The van der Waals surface area contributed by atoms with Crippen molar-refractivity contribution in [3.63, 3.8) is 0 Å². The van der Waals surface area contributed by atoms with Gasteiger partial charge in [-0.2, -0.15) is 0 Å². The van der Waals surface area contributed by atoms with Gasteiger partial charge in [0, 0.05) is 22.2 Å². The number of para-hydroxylation sites is 1. The van der Waals surface area contributed by atoms with Gasteiger partial charge in [-0.05, 0) is 169 Å². The maximum atomic E-state index is 13.6. The summed E-state index contributed by atoms with van der Waals surface area (Å²) in [5.74, 6) is 2.56. The summed E-state index contributed by atoms with van der Waals surface area (Å²) in [6.07, 6.45) is 9.33. The quantitative estimate of drug-likeness (QED) is 0.142. The van der Waals surface area contributed by atoms with Crippen LogP contribution in [-0.2, 0) is 36.1 Å². The standard InChI is InChI=1S/C17H19OP.C16H17O2P.C14H22.C10H20.C10H14.C6H14.C5H12.C4H10.C3H9OP.C3H9P/c1-17(2,3)19(18)12-13-8-4-5-9-14(13)15-10-6-7-11-16(15)19;1-16(2,3)19(17)15-11-7-5-9-13(15)12-8-4-6-10-14(12)18-19;1-13(2,3)11-7-9-12(10-8-11)14(4,5)6;2*1-10(2,3)9-7-5-4-6-8-9;1-5-6(2,3)4;1-5(2,3)4;1-4(2)3;1-5(2,3)4;1-4(2)3/h4-11H,12H2,1-3H3;4-11H,1-3H3;7-10H,1-6H3;9H,4-8H2,1-3H3;4-8H,1-3H3;5H2,1-4H3;1-4H3;4H,1-3H3;1-3H3;1-3H3. The van der Waals surface area contributed by atoms with E-state index >= 15 is 0 Å². The smallest absolute Gasteiger partial charge is 0.283 e. The van der Waals surface area contributed by atoms with Crippen LogP contribution in [0.1, 0.15) is 262 Å². The first-order chi connectivity index (χ1) is 43.3. The van der Waals surface area contributed by atoms with E-state index in [2.05, 4.69) is 285 Å². The molecule has 0 saturated heterocycles. The van der Waals surface area contributed by atoms with Gasteiger partial charge in [-0.1, -0.05) is 345 Å². The van der Waals surface area contributed by atoms with Gasteiger partial charge < -0.3 is 13.7 Å². The van der Waals surface area contributed by atoms with E-state index in [0.29, 0.717) is 35.7 Å². The SMILES string of the molecule is CC(C)(C)C.CC(C)(C)C1CCCCC1.CC(C)(C)P1(=O)Cc2ccccc2-c2ccccc21.CC(C)(C)P1(=O)Oc2ccccc2-c2ccccc21.CC(C)(C)c1ccc(C(C)(C)C)cc1.CC(C)(C)c1ccccc1.CC(C)C.CCC(C)(C)C.CP(C)(C)=O.CP(C)C. The molecule has 0 aromatic heterocycles. The fourth-order valence-corrected chi connectivity index (χ4v) is 15.0. The van der Waals surface area contributed by atoms with Crippen molar-refractivity contribution in [2.24, 2.45) is 28.1 Å². The van der Waals surface area contributed by atoms with Crippen LogP contribution < -0.4 is 15.1 Å². The van der Waals surface area contributed by atoms with E-state index in [1.807, 2.05) is 87.5 Å². The van der Waals surface area contributed by atoms with Gasteiger partial charge in [0.2, 0.25) is 0 Å². The summed E-state index contributed by atoms with van der Waals surface area (Å²) in [7, 11) is -6.60. The molecule has 3 aliphatic rings. The second-order valence-electron chi connectivity index (χ2n) is 37.3. The zero-order valence-electron chi connectivity index (χ0n) is 68.5. The van der Waals surface area contributed by atoms with Crippen LogP contribution >= 0.6 is 29.6 Å². The van der Waals surface area contributed by atoms with Crippen LogP contribution in [0, 0.1) is 28.1 Å². The third kappa shape index (κ3) is 36.0. The summed E-state index contributed by atoms with van der Waals surface area (Å²) in [6, 6.07) is 51.8. The van der Waals surface area contributed by atoms with Gasteiger partial charge >= 0.3 is 0 Å². The molecule has 0 bridgehead atoms. The number of fused-ring (bicyclic) bond motifs is 6. The lowest BCUT2D eigenvalue weighted by atomic mass is 9.72. The largest absolute Gasteiger partial charge is 0.439 e. The van der Waals surface area contributed by atoms with Crippen LogP contribution in [0.5, 0.6) is 5.75 Å². The van der Waals surface area contributed by atoms with E-state index in [4.69, 9.17) is 4.52 Å². The number of hydrogen-bond acceptors (Lipinski definition) is 4. The molecule has 2 aliphatic heterocycles. The molecule has 0 spiro atoms. The lowest BCUT2D eigenvalue weighted by Gasteiger charge is -2.37. The van der Waals surface area contributed by atoms with Crippen LogP contribution in [-0.4, -0.2) is 50.3 Å². The van der Waals surface area contributed by atoms with Crippen molar-refractivity contribution >= 4 is 40.2 Å². The first-order valence-corrected chi connectivity index (χ1v) is 45.1. The Morgan fingerprint density at radius 2 is 0.750 bits per heavy atom. The third-order valence-corrected chi connectivity index (χ3v) is 23.1. The van der Waals surface area contributed by atoms with E-state index in [0.717, 1.165) is 44.9 Å². The van der Waals surface area contributed by atoms with Gasteiger partial charge in [0.15, 0.2) is 0 Å². The van der Waals surface area contributed by atoms with Crippen LogP contribution in [0.4, 0.5) is 0 Å². The molecule has 1 aliphatic carbocycles. The zero-order chi connectivity index (χ0) is 74.9. The minimum Gasteiger partial charge on any atom is -0.439 e. The molecule has 2 heterocycles. The molecule has 2 atom stereocenters. The van der Waals surface area contributed by atoms with Crippen LogP contribution in [0.2, 0.25) is 0 Å². The van der Waals surface area contributed by atoms with Crippen molar-refractivity contribution in [3.05, 3.63) is 174 Å². The highest BCUT2D eigenvalue weighted by molar-refractivity contribution is 7.72. The Kier molecular flexibility index (Phi) is 37.9. The van der Waals surface area contributed by atoms with Crippen LogP contribution in [0.3, 0.4) is 0 Å². The topological polar surface area (TPSA) is 60.4 Å². The monoisotopic (exact) mass is 1390 g/mol. The maximum Gasteiger partial charge on any atom is 0.283 e. The van der Waals surface area contributed by atoms with Gasteiger partial charge in [0.25, 0.3) is 7.37 Å². The Balaban J connectivity index is 0.00000110. The Labute approximate surface area is 596 Å². The first kappa shape index (κ1) is 92.2. The Bertz CT molecular complexity index is 3100. The molecule has 1 saturated carbocycles. The van der Waals surface area contributed by atoms with E-state index in [-0.39, 0.29) is 16.0 Å². The Hall–Kier alpha value is -3.76. The summed E-state index contributed by atoms with van der Waals surface area (Å²) in [5, 5.41) is 1.27. The normalized spacial score (nSPS) is 16.7. The molecule has 9 rings (SSSR count). The van der Waals surface area contributed by atoms with Crippen LogP contribution in [0.15, 0.2) is 152 Å². The van der Waals surface area contributed by atoms with Crippen molar-refractivity contribution in [2.75, 3.05) is 40.0 Å². The fourth-order valence-electron chi connectivity index (χ4n) is 9.65. The molecule has 0 N–H and O–H groups in total. The molecular weight excluding hydrogens is 1240 g/mol. The molecule has 8 heteroatoms. The number of benzene rings is 6. The molecule has 0 radical (unpaired) electrons. The molecule has 2 unspecified atom stereocenters. The average molecular weight is 1390 g/mol. The van der Waals surface area contributed by atoms with Gasteiger partial charge in [0.05, 0.1) is 17.6 Å². The average Bonchev–Trinajstić information content (AvgIpc) is 0.742. The summed E-state index contributed by atoms with van der Waals surface area (Å²) in [6.45, 7) is 75.6. The van der Waals surface area contributed by atoms with E-state index in [1.54, 1.807) is 20.0 Å². The molecule has 0 amide bonds. The highest BCUT2D eigenvalue weighted by atomic mass is 31.2. The summed E-state index contributed by atoms with van der Waals surface area (Å²) in [4.78, 5) is 0. The van der Waals surface area contributed by atoms with Gasteiger partial charge in [-0.3, -0.25) is 4.57 Å². The minimum absolute atomic E-state index is 0.198. The molecule has 6 aromatic rings. The third-order valence-electron chi connectivity index (χ3n) is 15.7. The first-order valence-electron chi connectivity index (χ1n) is 35.9. The lowest BCUT2D eigenvalue weighted by molar-refractivity contribution is 0.180. The predicted octanol–water partition coefficient (Wildman–Crippen LogP) is 28.7. The number of rotatable bonds is 0. The van der Waals surface area contributed by atoms with E-state index in [9.17, 15) is 13.7 Å². The lowest BCUT2D eigenvalue weighted by Crippen LogP contribution is -2.30. The molecular formula is C88H146O4P4.